The maximum atomic E-state index is 11.0. The molecule has 2 rings (SSSR count). The second-order valence-electron chi connectivity index (χ2n) is 5.24. The van der Waals surface area contributed by atoms with Crippen LogP contribution in [0.5, 0.6) is 0 Å². The van der Waals surface area contributed by atoms with Crippen LogP contribution in [0.25, 0.3) is 0 Å². The second kappa shape index (κ2) is 4.52. The fraction of sp³-hybridized carbons (Fsp3) is 0.917. The summed E-state index contributed by atoms with van der Waals surface area (Å²) in [6.07, 6.45) is 6.97. The van der Waals surface area contributed by atoms with Gasteiger partial charge >= 0.3 is 0 Å². The molecule has 0 saturated heterocycles. The van der Waals surface area contributed by atoms with Crippen molar-refractivity contribution in [1.82, 2.24) is 5.32 Å². The Morgan fingerprint density at radius 2 is 1.80 bits per heavy atom. The van der Waals surface area contributed by atoms with Crippen molar-refractivity contribution in [3.8, 4) is 0 Å². The zero-order valence-electron chi connectivity index (χ0n) is 9.54. The lowest BCUT2D eigenvalue weighted by Crippen LogP contribution is -2.41. The van der Waals surface area contributed by atoms with Crippen LogP contribution in [0.2, 0.25) is 0 Å². The summed E-state index contributed by atoms with van der Waals surface area (Å²) in [6.45, 7) is 2.29. The molecule has 0 aliphatic heterocycles. The Bertz CT molecular complexity index is 230. The van der Waals surface area contributed by atoms with Gasteiger partial charge in [-0.25, -0.2) is 0 Å². The van der Waals surface area contributed by atoms with Crippen LogP contribution in [0.1, 0.15) is 45.4 Å². The molecule has 1 atom stereocenters. The van der Waals surface area contributed by atoms with Gasteiger partial charge in [0.1, 0.15) is 0 Å². The summed E-state index contributed by atoms with van der Waals surface area (Å²) in [5, 5.41) is 3.69. The lowest BCUT2D eigenvalue weighted by atomic mass is 9.85. The summed E-state index contributed by atoms with van der Waals surface area (Å²) >= 11 is 0. The quantitative estimate of drug-likeness (QED) is 0.737. The molecule has 0 aromatic carbocycles. The number of carbonyl (C=O) groups excluding carboxylic acids is 1. The molecule has 0 bridgehead atoms. The van der Waals surface area contributed by atoms with Crippen LogP contribution >= 0.6 is 0 Å². The van der Waals surface area contributed by atoms with Gasteiger partial charge in [0.25, 0.3) is 0 Å². The fourth-order valence-corrected chi connectivity index (χ4v) is 2.65. The highest BCUT2D eigenvalue weighted by Gasteiger charge is 2.31. The predicted molar refractivity (Wildman–Crippen MR) is 60.3 cm³/mol. The van der Waals surface area contributed by atoms with E-state index in [1.54, 1.807) is 0 Å². The van der Waals surface area contributed by atoms with Gasteiger partial charge in [0.15, 0.2) is 0 Å². The van der Waals surface area contributed by atoms with Gasteiger partial charge in [-0.15, -0.1) is 0 Å². The number of nitrogens with one attached hydrogen (secondary N) is 1. The minimum atomic E-state index is -0.108. The smallest absolute Gasteiger partial charge is 0.220 e. The van der Waals surface area contributed by atoms with Gasteiger partial charge in [-0.05, 0) is 51.4 Å². The minimum Gasteiger partial charge on any atom is -0.369 e. The molecule has 0 radical (unpaired) electrons. The van der Waals surface area contributed by atoms with Crippen molar-refractivity contribution < 1.29 is 4.79 Å². The molecule has 2 saturated carbocycles. The minimum absolute atomic E-state index is 0.108. The van der Waals surface area contributed by atoms with E-state index < -0.39 is 0 Å². The zero-order valence-corrected chi connectivity index (χ0v) is 9.54. The highest BCUT2D eigenvalue weighted by Crippen LogP contribution is 2.33. The average Bonchev–Trinajstić information content (AvgIpc) is 3.01. The Labute approximate surface area is 91.8 Å². The number of rotatable bonds is 4. The fourth-order valence-electron chi connectivity index (χ4n) is 2.65. The van der Waals surface area contributed by atoms with E-state index in [4.69, 9.17) is 5.73 Å². The van der Waals surface area contributed by atoms with Crippen LogP contribution in [0.15, 0.2) is 0 Å². The van der Waals surface area contributed by atoms with E-state index >= 15 is 0 Å². The zero-order chi connectivity index (χ0) is 10.8. The topological polar surface area (TPSA) is 55.1 Å². The summed E-state index contributed by atoms with van der Waals surface area (Å²) < 4.78 is 0. The molecule has 0 aromatic rings. The normalized spacial score (nSPS) is 33.7. The highest BCUT2D eigenvalue weighted by molar-refractivity contribution is 5.76. The van der Waals surface area contributed by atoms with Gasteiger partial charge in [0.05, 0.1) is 0 Å². The molecular weight excluding hydrogens is 188 g/mol. The first-order chi connectivity index (χ1) is 7.16. The van der Waals surface area contributed by atoms with Crippen molar-refractivity contribution in [1.29, 1.82) is 0 Å². The van der Waals surface area contributed by atoms with Crippen molar-refractivity contribution in [3.63, 3.8) is 0 Å². The molecule has 3 N–H and O–H groups in total. The number of primary amides is 1. The van der Waals surface area contributed by atoms with Crippen LogP contribution in [-0.2, 0) is 4.79 Å². The third-order valence-electron chi connectivity index (χ3n) is 3.96. The van der Waals surface area contributed by atoms with Crippen LogP contribution in [-0.4, -0.2) is 18.0 Å². The third-order valence-corrected chi connectivity index (χ3v) is 3.96. The SMILES string of the molecule is CC(NC1CCC(C(N)=O)CC1)C1CC1. The van der Waals surface area contributed by atoms with E-state index in [1.807, 2.05) is 0 Å². The van der Waals surface area contributed by atoms with Gasteiger partial charge < -0.3 is 11.1 Å². The Kier molecular flexibility index (Phi) is 3.29. The number of nitrogens with two attached hydrogens (primary N) is 1. The molecule has 86 valence electrons. The van der Waals surface area contributed by atoms with E-state index in [0.717, 1.165) is 31.6 Å². The molecule has 1 amide bonds. The maximum Gasteiger partial charge on any atom is 0.220 e. The first-order valence-electron chi connectivity index (χ1n) is 6.22. The van der Waals surface area contributed by atoms with Crippen LogP contribution < -0.4 is 11.1 Å². The first-order valence-corrected chi connectivity index (χ1v) is 6.22. The van der Waals surface area contributed by atoms with Gasteiger partial charge in [-0.1, -0.05) is 0 Å². The number of hydrogen-bond acceptors (Lipinski definition) is 2. The molecule has 1 unspecified atom stereocenters. The van der Waals surface area contributed by atoms with Gasteiger partial charge in [0, 0.05) is 18.0 Å². The van der Waals surface area contributed by atoms with Gasteiger partial charge in [0.2, 0.25) is 5.91 Å². The molecule has 0 aromatic heterocycles. The molecule has 2 fully saturated rings. The number of hydrogen-bond donors (Lipinski definition) is 2. The summed E-state index contributed by atoms with van der Waals surface area (Å²) in [6, 6.07) is 1.29. The van der Waals surface area contributed by atoms with Crippen molar-refractivity contribution >= 4 is 5.91 Å². The van der Waals surface area contributed by atoms with E-state index in [9.17, 15) is 4.79 Å². The maximum absolute atomic E-state index is 11.0. The Morgan fingerprint density at radius 3 is 2.27 bits per heavy atom. The van der Waals surface area contributed by atoms with Crippen molar-refractivity contribution in [3.05, 3.63) is 0 Å². The lowest BCUT2D eigenvalue weighted by molar-refractivity contribution is -0.122. The standard InChI is InChI=1S/C12H22N2O/c1-8(9-2-3-9)14-11-6-4-10(5-7-11)12(13)15/h8-11,14H,2-7H2,1H3,(H2,13,15). The third kappa shape index (κ3) is 2.94. The first kappa shape index (κ1) is 10.9. The second-order valence-corrected chi connectivity index (χ2v) is 5.24. The molecule has 0 spiro atoms. The molecule has 15 heavy (non-hydrogen) atoms. The molecule has 2 aliphatic carbocycles. The van der Waals surface area contributed by atoms with Crippen LogP contribution in [0, 0.1) is 11.8 Å². The van der Waals surface area contributed by atoms with Gasteiger partial charge in [-0.2, -0.15) is 0 Å². The monoisotopic (exact) mass is 210 g/mol. The summed E-state index contributed by atoms with van der Waals surface area (Å²) in [5.74, 6) is 0.946. The largest absolute Gasteiger partial charge is 0.369 e. The average molecular weight is 210 g/mol. The van der Waals surface area contributed by atoms with E-state index in [2.05, 4.69) is 12.2 Å². The Morgan fingerprint density at radius 1 is 1.20 bits per heavy atom. The summed E-state index contributed by atoms with van der Waals surface area (Å²) in [4.78, 5) is 11.0. The highest BCUT2D eigenvalue weighted by atomic mass is 16.1. The van der Waals surface area contributed by atoms with Gasteiger partial charge in [-0.3, -0.25) is 4.79 Å². The van der Waals surface area contributed by atoms with Crippen molar-refractivity contribution in [2.24, 2.45) is 17.6 Å². The molecule has 0 heterocycles. The molecule has 3 nitrogen and oxygen atoms in total. The lowest BCUT2D eigenvalue weighted by Gasteiger charge is -2.30. The van der Waals surface area contributed by atoms with E-state index in [-0.39, 0.29) is 11.8 Å². The van der Waals surface area contributed by atoms with Crippen LogP contribution in [0.3, 0.4) is 0 Å². The predicted octanol–water partition coefficient (Wildman–Crippen LogP) is 1.42. The van der Waals surface area contributed by atoms with Crippen molar-refractivity contribution in [2.75, 3.05) is 0 Å². The summed E-state index contributed by atoms with van der Waals surface area (Å²) in [5.41, 5.74) is 5.31. The Balaban J connectivity index is 1.70. The molecule has 2 aliphatic rings. The van der Waals surface area contributed by atoms with E-state index in [0.29, 0.717) is 12.1 Å². The van der Waals surface area contributed by atoms with Crippen molar-refractivity contribution in [2.45, 2.75) is 57.5 Å². The summed E-state index contributed by atoms with van der Waals surface area (Å²) in [7, 11) is 0. The molecule has 3 heteroatoms. The Hall–Kier alpha value is -0.570. The number of amides is 1. The van der Waals surface area contributed by atoms with E-state index in [1.165, 1.54) is 12.8 Å². The van der Waals surface area contributed by atoms with Crippen LogP contribution in [0.4, 0.5) is 0 Å². The molecular formula is C12H22N2O. The number of carbonyl (C=O) groups is 1.